The second-order valence-electron chi connectivity index (χ2n) is 6.05. The van der Waals surface area contributed by atoms with Crippen LogP contribution in [0.4, 0.5) is 5.82 Å². The molecule has 2 N–H and O–H groups in total. The van der Waals surface area contributed by atoms with Crippen molar-refractivity contribution in [1.29, 1.82) is 0 Å². The third kappa shape index (κ3) is 2.64. The maximum absolute atomic E-state index is 5.77. The number of aryl methyl sites for hydroxylation is 1. The molecule has 3 heterocycles. The molecule has 1 aliphatic heterocycles. The molecule has 0 amide bonds. The first-order valence-electron chi connectivity index (χ1n) is 8.24. The smallest absolute Gasteiger partial charge is 0.157 e. The molecule has 24 heavy (non-hydrogen) atoms. The molecule has 0 bridgehead atoms. The molecule has 1 saturated heterocycles. The highest BCUT2D eigenvalue weighted by molar-refractivity contribution is 5.65. The standard InChI is InChI=1S/C18H21N5O/c1-13-10-14(2-3-15(13)12-19)16-4-5-20-17-11-18(21-23(16)17)22-6-8-24-9-7-22/h2-5,10-11H,6-9,12,19H2,1H3. The van der Waals surface area contributed by atoms with Crippen molar-refractivity contribution < 1.29 is 4.74 Å². The van der Waals surface area contributed by atoms with Gasteiger partial charge in [0.05, 0.1) is 18.9 Å². The Bertz CT molecular complexity index is 867. The average molecular weight is 323 g/mol. The highest BCUT2D eigenvalue weighted by Crippen LogP contribution is 2.25. The molecule has 6 nitrogen and oxygen atoms in total. The lowest BCUT2D eigenvalue weighted by molar-refractivity contribution is 0.122. The van der Waals surface area contributed by atoms with E-state index in [-0.39, 0.29) is 0 Å². The first-order valence-corrected chi connectivity index (χ1v) is 8.24. The molecule has 6 heteroatoms. The van der Waals surface area contributed by atoms with Gasteiger partial charge in [-0.3, -0.25) is 0 Å². The fourth-order valence-corrected chi connectivity index (χ4v) is 3.13. The minimum absolute atomic E-state index is 0.556. The van der Waals surface area contributed by atoms with Gasteiger partial charge in [-0.25, -0.2) is 9.50 Å². The predicted octanol–water partition coefficient (Wildman–Crippen LogP) is 2.00. The van der Waals surface area contributed by atoms with Gasteiger partial charge >= 0.3 is 0 Å². The molecule has 1 fully saturated rings. The zero-order valence-corrected chi connectivity index (χ0v) is 13.8. The van der Waals surface area contributed by atoms with Crippen LogP contribution in [0.3, 0.4) is 0 Å². The molecule has 0 atom stereocenters. The van der Waals surface area contributed by atoms with Crippen LogP contribution < -0.4 is 10.6 Å². The molecule has 1 aliphatic rings. The molecule has 4 rings (SSSR count). The van der Waals surface area contributed by atoms with Crippen LogP contribution in [0.25, 0.3) is 16.9 Å². The number of hydrogen-bond acceptors (Lipinski definition) is 5. The van der Waals surface area contributed by atoms with Gasteiger partial charge in [0.25, 0.3) is 0 Å². The Morgan fingerprint density at radius 1 is 1.17 bits per heavy atom. The van der Waals surface area contributed by atoms with Crippen molar-refractivity contribution >= 4 is 11.5 Å². The molecule has 0 spiro atoms. The Morgan fingerprint density at radius 3 is 2.75 bits per heavy atom. The van der Waals surface area contributed by atoms with Crippen LogP contribution in [-0.2, 0) is 11.3 Å². The Hall–Kier alpha value is -2.44. The number of benzene rings is 1. The Balaban J connectivity index is 1.78. The van der Waals surface area contributed by atoms with Crippen molar-refractivity contribution in [2.45, 2.75) is 13.5 Å². The summed E-state index contributed by atoms with van der Waals surface area (Å²) in [7, 11) is 0. The minimum atomic E-state index is 0.556. The van der Waals surface area contributed by atoms with Crippen molar-refractivity contribution in [3.63, 3.8) is 0 Å². The lowest BCUT2D eigenvalue weighted by Gasteiger charge is -2.26. The van der Waals surface area contributed by atoms with Crippen molar-refractivity contribution in [2.24, 2.45) is 5.73 Å². The quantitative estimate of drug-likeness (QED) is 0.798. The van der Waals surface area contributed by atoms with E-state index in [1.807, 2.05) is 22.8 Å². The monoisotopic (exact) mass is 323 g/mol. The van der Waals surface area contributed by atoms with E-state index in [0.29, 0.717) is 6.54 Å². The Morgan fingerprint density at radius 2 is 2.00 bits per heavy atom. The SMILES string of the molecule is Cc1cc(-c2ccnc3cc(N4CCOCC4)nn23)ccc1CN. The zero-order chi connectivity index (χ0) is 16.5. The van der Waals surface area contributed by atoms with E-state index in [1.54, 1.807) is 0 Å². The zero-order valence-electron chi connectivity index (χ0n) is 13.8. The average Bonchev–Trinajstić information content (AvgIpc) is 3.06. The maximum atomic E-state index is 5.77. The third-order valence-corrected chi connectivity index (χ3v) is 4.54. The van der Waals surface area contributed by atoms with E-state index in [4.69, 9.17) is 15.6 Å². The molecule has 0 aliphatic carbocycles. The lowest BCUT2D eigenvalue weighted by atomic mass is 10.0. The van der Waals surface area contributed by atoms with Crippen LogP contribution in [0.15, 0.2) is 36.5 Å². The third-order valence-electron chi connectivity index (χ3n) is 4.54. The van der Waals surface area contributed by atoms with Gasteiger partial charge in [-0.2, -0.15) is 0 Å². The fraction of sp³-hybridized carbons (Fsp3) is 0.333. The summed E-state index contributed by atoms with van der Waals surface area (Å²) in [5, 5.41) is 4.78. The second-order valence-corrected chi connectivity index (χ2v) is 6.05. The van der Waals surface area contributed by atoms with E-state index in [2.05, 4.69) is 35.0 Å². The number of morpholine rings is 1. The maximum Gasteiger partial charge on any atom is 0.157 e. The number of nitrogens with zero attached hydrogens (tertiary/aromatic N) is 4. The van der Waals surface area contributed by atoms with Crippen LogP contribution in [0.5, 0.6) is 0 Å². The number of aromatic nitrogens is 3. The highest BCUT2D eigenvalue weighted by Gasteiger charge is 2.16. The van der Waals surface area contributed by atoms with Crippen LogP contribution in [0.1, 0.15) is 11.1 Å². The Labute approximate surface area is 140 Å². The number of ether oxygens (including phenoxy) is 1. The molecule has 3 aromatic rings. The second kappa shape index (κ2) is 6.22. The number of fused-ring (bicyclic) bond motifs is 1. The fourth-order valence-electron chi connectivity index (χ4n) is 3.13. The van der Waals surface area contributed by atoms with Crippen LogP contribution >= 0.6 is 0 Å². The van der Waals surface area contributed by atoms with Gasteiger partial charge in [0.15, 0.2) is 11.5 Å². The summed E-state index contributed by atoms with van der Waals surface area (Å²) in [4.78, 5) is 6.70. The van der Waals surface area contributed by atoms with E-state index in [9.17, 15) is 0 Å². The summed E-state index contributed by atoms with van der Waals surface area (Å²) < 4.78 is 7.34. The molecular formula is C18H21N5O. The first kappa shape index (κ1) is 15.1. The van der Waals surface area contributed by atoms with Gasteiger partial charge < -0.3 is 15.4 Å². The predicted molar refractivity (Wildman–Crippen MR) is 94.1 cm³/mol. The molecule has 124 valence electrons. The van der Waals surface area contributed by atoms with Crippen molar-refractivity contribution in [3.05, 3.63) is 47.7 Å². The van der Waals surface area contributed by atoms with Crippen molar-refractivity contribution in [1.82, 2.24) is 14.6 Å². The van der Waals surface area contributed by atoms with Gasteiger partial charge in [-0.1, -0.05) is 12.1 Å². The van der Waals surface area contributed by atoms with E-state index >= 15 is 0 Å². The van der Waals surface area contributed by atoms with E-state index < -0.39 is 0 Å². The molecule has 2 aromatic heterocycles. The van der Waals surface area contributed by atoms with Crippen molar-refractivity contribution in [3.8, 4) is 11.3 Å². The number of hydrogen-bond donors (Lipinski definition) is 1. The largest absolute Gasteiger partial charge is 0.378 e. The van der Waals surface area contributed by atoms with Crippen LogP contribution in [-0.4, -0.2) is 40.9 Å². The topological polar surface area (TPSA) is 68.7 Å². The summed E-state index contributed by atoms with van der Waals surface area (Å²) in [6, 6.07) is 10.4. The van der Waals surface area contributed by atoms with Gasteiger partial charge in [-0.05, 0) is 30.2 Å². The summed E-state index contributed by atoms with van der Waals surface area (Å²) in [6.07, 6.45) is 1.83. The van der Waals surface area contributed by atoms with Crippen molar-refractivity contribution in [2.75, 3.05) is 31.2 Å². The number of anilines is 1. The number of rotatable bonds is 3. The summed E-state index contributed by atoms with van der Waals surface area (Å²) in [5.74, 6) is 0.952. The summed E-state index contributed by atoms with van der Waals surface area (Å²) in [6.45, 7) is 5.86. The molecule has 1 aromatic carbocycles. The van der Waals surface area contributed by atoms with Crippen LogP contribution in [0.2, 0.25) is 0 Å². The van der Waals surface area contributed by atoms with E-state index in [0.717, 1.165) is 49.0 Å². The van der Waals surface area contributed by atoms with Gasteiger partial charge in [-0.15, -0.1) is 5.10 Å². The van der Waals surface area contributed by atoms with Gasteiger partial charge in [0, 0.05) is 37.5 Å². The Kier molecular flexibility index (Phi) is 3.92. The highest BCUT2D eigenvalue weighted by atomic mass is 16.5. The lowest BCUT2D eigenvalue weighted by Crippen LogP contribution is -2.36. The van der Waals surface area contributed by atoms with Crippen LogP contribution in [0, 0.1) is 6.92 Å². The van der Waals surface area contributed by atoms with E-state index in [1.165, 1.54) is 11.1 Å². The normalized spacial score (nSPS) is 15.2. The molecule has 0 unspecified atom stereocenters. The van der Waals surface area contributed by atoms with Gasteiger partial charge in [0.1, 0.15) is 0 Å². The first-order chi connectivity index (χ1) is 11.8. The molecule has 0 radical (unpaired) electrons. The number of nitrogens with two attached hydrogens (primary N) is 1. The van der Waals surface area contributed by atoms with Gasteiger partial charge in [0.2, 0.25) is 0 Å². The minimum Gasteiger partial charge on any atom is -0.378 e. The molecular weight excluding hydrogens is 302 g/mol. The summed E-state index contributed by atoms with van der Waals surface area (Å²) in [5.41, 5.74) is 11.1. The summed E-state index contributed by atoms with van der Waals surface area (Å²) >= 11 is 0. The molecule has 0 saturated carbocycles.